The maximum atomic E-state index is 13.0. The number of aromatic nitrogens is 3. The summed E-state index contributed by atoms with van der Waals surface area (Å²) in [4.78, 5) is 24.4. The van der Waals surface area contributed by atoms with Crippen LogP contribution in [0.4, 0.5) is 19.0 Å². The molecule has 0 fully saturated rings. The van der Waals surface area contributed by atoms with Gasteiger partial charge < -0.3 is 10.1 Å². The number of methoxy groups -OCH3 is 1. The lowest BCUT2D eigenvalue weighted by atomic mass is 10.0. The molecule has 2 heterocycles. The first-order chi connectivity index (χ1) is 13.2. The Kier molecular flexibility index (Phi) is 5.17. The lowest BCUT2D eigenvalue weighted by Crippen LogP contribution is -2.12. The summed E-state index contributed by atoms with van der Waals surface area (Å²) in [5, 5.41) is 3.62. The molecule has 0 saturated heterocycles. The zero-order valence-electron chi connectivity index (χ0n) is 15.3. The second kappa shape index (κ2) is 7.41. The van der Waals surface area contributed by atoms with Gasteiger partial charge in [-0.3, -0.25) is 0 Å². The molecule has 1 unspecified atom stereocenters. The number of rotatable bonds is 4. The van der Waals surface area contributed by atoms with Crippen LogP contribution in [-0.4, -0.2) is 28.0 Å². The van der Waals surface area contributed by atoms with Crippen molar-refractivity contribution < 1.29 is 22.7 Å². The molecule has 6 nitrogen and oxygen atoms in total. The van der Waals surface area contributed by atoms with Crippen molar-refractivity contribution in [3.8, 4) is 0 Å². The van der Waals surface area contributed by atoms with Gasteiger partial charge in [-0.2, -0.15) is 13.2 Å². The number of halogens is 3. The Bertz CT molecular complexity index is 1040. The highest BCUT2D eigenvalue weighted by Gasteiger charge is 2.30. The minimum Gasteiger partial charge on any atom is -0.464 e. The van der Waals surface area contributed by atoms with Crippen molar-refractivity contribution in [1.29, 1.82) is 0 Å². The summed E-state index contributed by atoms with van der Waals surface area (Å²) in [7, 11) is 1.24. The van der Waals surface area contributed by atoms with E-state index in [-0.39, 0.29) is 5.69 Å². The molecule has 3 aromatic rings. The normalized spacial score (nSPS) is 12.6. The number of carbonyl (C=O) groups excluding carboxylic acids is 1. The van der Waals surface area contributed by atoms with Crippen LogP contribution in [-0.2, 0) is 10.9 Å². The van der Waals surface area contributed by atoms with E-state index in [0.29, 0.717) is 28.1 Å². The molecule has 1 N–H and O–H groups in total. The molecule has 0 saturated carbocycles. The highest BCUT2D eigenvalue weighted by atomic mass is 19.4. The Labute approximate surface area is 158 Å². The van der Waals surface area contributed by atoms with Crippen molar-refractivity contribution in [1.82, 2.24) is 15.0 Å². The van der Waals surface area contributed by atoms with Gasteiger partial charge in [-0.1, -0.05) is 12.1 Å². The van der Waals surface area contributed by atoms with Gasteiger partial charge in [-0.25, -0.2) is 19.7 Å². The van der Waals surface area contributed by atoms with E-state index in [2.05, 4.69) is 25.0 Å². The van der Waals surface area contributed by atoms with Gasteiger partial charge in [0, 0.05) is 11.4 Å². The highest BCUT2D eigenvalue weighted by molar-refractivity contribution is 5.95. The quantitative estimate of drug-likeness (QED) is 0.669. The van der Waals surface area contributed by atoms with Crippen molar-refractivity contribution in [2.75, 3.05) is 12.4 Å². The van der Waals surface area contributed by atoms with E-state index in [1.165, 1.54) is 25.4 Å². The minimum absolute atomic E-state index is 0.0808. The molecule has 1 aromatic carbocycles. The molecule has 28 heavy (non-hydrogen) atoms. The van der Waals surface area contributed by atoms with Gasteiger partial charge in [0.05, 0.1) is 24.4 Å². The molecule has 2 aromatic heterocycles. The van der Waals surface area contributed by atoms with Crippen LogP contribution in [0.2, 0.25) is 0 Å². The van der Waals surface area contributed by atoms with Crippen molar-refractivity contribution in [2.45, 2.75) is 26.1 Å². The molecule has 0 radical (unpaired) electrons. The largest absolute Gasteiger partial charge is 0.464 e. The van der Waals surface area contributed by atoms with Crippen LogP contribution in [0.25, 0.3) is 10.9 Å². The third-order valence-corrected chi connectivity index (χ3v) is 4.16. The first-order valence-electron chi connectivity index (χ1n) is 8.35. The monoisotopic (exact) mass is 390 g/mol. The van der Waals surface area contributed by atoms with Crippen molar-refractivity contribution in [3.63, 3.8) is 0 Å². The Hall–Kier alpha value is -3.23. The van der Waals surface area contributed by atoms with Crippen LogP contribution in [0.1, 0.15) is 40.4 Å². The van der Waals surface area contributed by atoms with Gasteiger partial charge in [0.25, 0.3) is 0 Å². The number of fused-ring (bicyclic) bond motifs is 1. The van der Waals surface area contributed by atoms with E-state index in [4.69, 9.17) is 0 Å². The fourth-order valence-corrected chi connectivity index (χ4v) is 2.75. The van der Waals surface area contributed by atoms with Gasteiger partial charge in [-0.05, 0) is 37.6 Å². The second-order valence-corrected chi connectivity index (χ2v) is 6.19. The Morgan fingerprint density at radius 2 is 1.96 bits per heavy atom. The first-order valence-corrected chi connectivity index (χ1v) is 8.35. The summed E-state index contributed by atoms with van der Waals surface area (Å²) >= 11 is 0. The van der Waals surface area contributed by atoms with Crippen molar-refractivity contribution in [2.24, 2.45) is 0 Å². The van der Waals surface area contributed by atoms with Crippen molar-refractivity contribution in [3.05, 3.63) is 59.2 Å². The summed E-state index contributed by atoms with van der Waals surface area (Å²) in [6, 6.07) is 6.09. The van der Waals surface area contributed by atoms with Gasteiger partial charge in [-0.15, -0.1) is 0 Å². The average Bonchev–Trinajstić information content (AvgIpc) is 2.66. The van der Waals surface area contributed by atoms with E-state index in [0.717, 1.165) is 12.1 Å². The molecule has 0 amide bonds. The summed E-state index contributed by atoms with van der Waals surface area (Å²) in [6.07, 6.45) is -2.99. The third kappa shape index (κ3) is 4.03. The number of anilines is 1. The maximum Gasteiger partial charge on any atom is 0.416 e. The van der Waals surface area contributed by atoms with Crippen LogP contribution in [0.15, 0.2) is 36.5 Å². The summed E-state index contributed by atoms with van der Waals surface area (Å²) in [5.41, 5.74) is 0.303. The number of nitrogens with zero attached hydrogens (tertiary/aromatic N) is 3. The zero-order valence-corrected chi connectivity index (χ0v) is 15.3. The standard InChI is InChI=1S/C19H17F3N4O2/c1-10(12-5-4-6-13(7-12)19(20,21)22)24-17-14-8-15(18(27)28-3)23-9-16(14)25-11(2)26-17/h4-10H,1-3H3,(H,24,25,26). The second-order valence-electron chi connectivity index (χ2n) is 6.19. The van der Waals surface area contributed by atoms with E-state index in [1.807, 2.05) is 0 Å². The van der Waals surface area contributed by atoms with E-state index < -0.39 is 23.8 Å². The summed E-state index contributed by atoms with van der Waals surface area (Å²) in [5.74, 6) is 0.234. The van der Waals surface area contributed by atoms with Gasteiger partial charge in [0.15, 0.2) is 0 Å². The first kappa shape index (κ1) is 19.5. The molecule has 9 heteroatoms. The lowest BCUT2D eigenvalue weighted by Gasteiger charge is -2.18. The highest BCUT2D eigenvalue weighted by Crippen LogP contribution is 2.32. The van der Waals surface area contributed by atoms with Gasteiger partial charge in [0.2, 0.25) is 0 Å². The smallest absolute Gasteiger partial charge is 0.416 e. The predicted octanol–water partition coefficient (Wildman–Crippen LogP) is 4.31. The third-order valence-electron chi connectivity index (χ3n) is 4.16. The molecule has 0 aliphatic carbocycles. The van der Waals surface area contributed by atoms with E-state index in [1.54, 1.807) is 19.9 Å². The van der Waals surface area contributed by atoms with Crippen LogP contribution >= 0.6 is 0 Å². The molecule has 0 bridgehead atoms. The molecular formula is C19H17F3N4O2. The van der Waals surface area contributed by atoms with E-state index >= 15 is 0 Å². The number of alkyl halides is 3. The fraction of sp³-hybridized carbons (Fsp3) is 0.263. The number of aryl methyl sites for hydroxylation is 1. The van der Waals surface area contributed by atoms with Crippen LogP contribution in [0.5, 0.6) is 0 Å². The molecule has 3 rings (SSSR count). The van der Waals surface area contributed by atoms with Gasteiger partial charge in [0.1, 0.15) is 17.3 Å². The molecular weight excluding hydrogens is 373 g/mol. The van der Waals surface area contributed by atoms with Gasteiger partial charge >= 0.3 is 12.1 Å². The Morgan fingerprint density at radius 3 is 2.64 bits per heavy atom. The molecule has 1 atom stereocenters. The number of hydrogen-bond acceptors (Lipinski definition) is 6. The molecule has 146 valence electrons. The predicted molar refractivity (Wildman–Crippen MR) is 96.9 cm³/mol. The average molecular weight is 390 g/mol. The molecule has 0 aliphatic rings. The Morgan fingerprint density at radius 1 is 1.21 bits per heavy atom. The van der Waals surface area contributed by atoms with E-state index in [9.17, 15) is 18.0 Å². The number of hydrogen-bond donors (Lipinski definition) is 1. The number of esters is 1. The fourth-order valence-electron chi connectivity index (χ4n) is 2.75. The molecule has 0 aliphatic heterocycles. The SMILES string of the molecule is COC(=O)c1cc2c(NC(C)c3cccc(C(F)(F)F)c3)nc(C)nc2cn1. The summed E-state index contributed by atoms with van der Waals surface area (Å²) < 4.78 is 43.6. The number of benzene rings is 1. The zero-order chi connectivity index (χ0) is 20.5. The van der Waals surface area contributed by atoms with Crippen LogP contribution in [0, 0.1) is 6.92 Å². The lowest BCUT2D eigenvalue weighted by molar-refractivity contribution is -0.137. The number of carbonyl (C=O) groups is 1. The number of nitrogens with one attached hydrogen (secondary N) is 1. The van der Waals surface area contributed by atoms with Crippen molar-refractivity contribution >= 4 is 22.7 Å². The minimum atomic E-state index is -4.42. The van der Waals surface area contributed by atoms with Crippen LogP contribution < -0.4 is 5.32 Å². The summed E-state index contributed by atoms with van der Waals surface area (Å²) in [6.45, 7) is 3.41. The topological polar surface area (TPSA) is 77.0 Å². The number of pyridine rings is 1. The maximum absolute atomic E-state index is 13.0. The number of ether oxygens (including phenoxy) is 1. The molecule has 0 spiro atoms. The van der Waals surface area contributed by atoms with Crippen LogP contribution in [0.3, 0.4) is 0 Å². The Balaban J connectivity index is 2.00.